The van der Waals surface area contributed by atoms with E-state index in [4.69, 9.17) is 0 Å². The topological polar surface area (TPSA) is 12.0 Å². The number of benzene rings is 1. The van der Waals surface area contributed by atoms with E-state index in [9.17, 15) is 0 Å². The lowest BCUT2D eigenvalue weighted by Gasteiger charge is -2.27. The summed E-state index contributed by atoms with van der Waals surface area (Å²) in [4.78, 5) is 0. The molecule has 1 aliphatic heterocycles. The summed E-state index contributed by atoms with van der Waals surface area (Å²) in [5.74, 6) is 3.64. The van der Waals surface area contributed by atoms with Gasteiger partial charge in [-0.05, 0) is 67.2 Å². The first-order valence-electron chi connectivity index (χ1n) is 8.23. The summed E-state index contributed by atoms with van der Waals surface area (Å²) < 4.78 is 0. The van der Waals surface area contributed by atoms with Crippen LogP contribution in [0.2, 0.25) is 0 Å². The maximum Gasteiger partial charge on any atom is 0.0322 e. The average Bonchev–Trinajstić information content (AvgIpc) is 2.52. The Balaban J connectivity index is 2.04. The molecule has 1 nitrogen and oxygen atoms in total. The van der Waals surface area contributed by atoms with Crippen LogP contribution in [0, 0.1) is 5.92 Å². The van der Waals surface area contributed by atoms with Crippen molar-refractivity contribution in [2.45, 2.75) is 52.0 Å². The predicted molar refractivity (Wildman–Crippen MR) is 91.5 cm³/mol. The predicted octanol–water partition coefficient (Wildman–Crippen LogP) is 4.82. The smallest absolute Gasteiger partial charge is 0.0322 e. The maximum absolute atomic E-state index is 3.78. The van der Waals surface area contributed by atoms with Crippen LogP contribution in [-0.2, 0) is 6.42 Å². The molecule has 1 saturated heterocycles. The van der Waals surface area contributed by atoms with Gasteiger partial charge in [-0.1, -0.05) is 38.1 Å². The molecule has 1 aliphatic rings. The molecule has 1 unspecified atom stereocenters. The normalized spacial score (nSPS) is 18.1. The van der Waals surface area contributed by atoms with Crippen LogP contribution in [0.1, 0.15) is 56.7 Å². The molecule has 1 heterocycles. The molecule has 1 aromatic carbocycles. The molecule has 1 fully saturated rings. The van der Waals surface area contributed by atoms with Gasteiger partial charge in [-0.25, -0.2) is 0 Å². The third-order valence-electron chi connectivity index (χ3n) is 4.31. The van der Waals surface area contributed by atoms with Crippen LogP contribution in [0.3, 0.4) is 0 Å². The molecule has 20 heavy (non-hydrogen) atoms. The fraction of sp³-hybridized carbons (Fsp3) is 0.667. The second-order valence-corrected chi connectivity index (χ2v) is 7.12. The van der Waals surface area contributed by atoms with E-state index in [0.29, 0.717) is 6.04 Å². The Kier molecular flexibility index (Phi) is 6.95. The van der Waals surface area contributed by atoms with E-state index in [0.717, 1.165) is 18.9 Å². The van der Waals surface area contributed by atoms with Gasteiger partial charge < -0.3 is 5.32 Å². The third kappa shape index (κ3) is 4.82. The van der Waals surface area contributed by atoms with Crippen molar-refractivity contribution >= 4 is 11.8 Å². The fourth-order valence-corrected chi connectivity index (χ4v) is 4.21. The number of thioether (sulfide) groups is 1. The standard InChI is InChI=1S/C18H29NS/c1-3-10-19-18(14-16-8-11-20-12-9-16)17-7-5-6-15(4-2)13-17/h5-7,13,16,18-19H,3-4,8-12,14H2,1-2H3. The Bertz CT molecular complexity index is 385. The summed E-state index contributed by atoms with van der Waals surface area (Å²) in [6.07, 6.45) is 6.47. The van der Waals surface area contributed by atoms with E-state index in [1.54, 1.807) is 0 Å². The van der Waals surface area contributed by atoms with E-state index in [1.165, 1.54) is 48.3 Å². The zero-order valence-corrected chi connectivity index (χ0v) is 13.8. The fourth-order valence-electron chi connectivity index (χ4n) is 3.00. The van der Waals surface area contributed by atoms with Gasteiger partial charge in [0.1, 0.15) is 0 Å². The average molecular weight is 292 g/mol. The molecule has 112 valence electrons. The lowest BCUT2D eigenvalue weighted by Crippen LogP contribution is -2.26. The van der Waals surface area contributed by atoms with Crippen LogP contribution in [-0.4, -0.2) is 18.1 Å². The number of nitrogens with one attached hydrogen (secondary N) is 1. The van der Waals surface area contributed by atoms with Crippen molar-refractivity contribution in [3.8, 4) is 0 Å². The quantitative estimate of drug-likeness (QED) is 0.772. The van der Waals surface area contributed by atoms with Crippen molar-refractivity contribution in [2.75, 3.05) is 18.1 Å². The van der Waals surface area contributed by atoms with Gasteiger partial charge in [0, 0.05) is 6.04 Å². The summed E-state index contributed by atoms with van der Waals surface area (Å²) in [5, 5.41) is 3.78. The lowest BCUT2D eigenvalue weighted by molar-refractivity contribution is 0.370. The minimum atomic E-state index is 0.551. The molecule has 0 amide bonds. The lowest BCUT2D eigenvalue weighted by atomic mass is 9.90. The van der Waals surface area contributed by atoms with Gasteiger partial charge >= 0.3 is 0 Å². The molecule has 1 N–H and O–H groups in total. The second-order valence-electron chi connectivity index (χ2n) is 5.90. The number of rotatable bonds is 7. The summed E-state index contributed by atoms with van der Waals surface area (Å²) in [5.41, 5.74) is 2.96. The highest BCUT2D eigenvalue weighted by Crippen LogP contribution is 2.31. The SMILES string of the molecule is CCCNC(CC1CCSCC1)c1cccc(CC)c1. The highest BCUT2D eigenvalue weighted by Gasteiger charge is 2.20. The maximum atomic E-state index is 3.78. The van der Waals surface area contributed by atoms with Crippen molar-refractivity contribution in [2.24, 2.45) is 5.92 Å². The van der Waals surface area contributed by atoms with Gasteiger partial charge in [0.05, 0.1) is 0 Å². The highest BCUT2D eigenvalue weighted by molar-refractivity contribution is 7.99. The van der Waals surface area contributed by atoms with E-state index in [-0.39, 0.29) is 0 Å². The molecule has 1 atom stereocenters. The van der Waals surface area contributed by atoms with Gasteiger partial charge in [0.2, 0.25) is 0 Å². The number of aryl methyl sites for hydroxylation is 1. The molecular weight excluding hydrogens is 262 g/mol. The van der Waals surface area contributed by atoms with Gasteiger partial charge in [-0.3, -0.25) is 0 Å². The Morgan fingerprint density at radius 1 is 1.25 bits per heavy atom. The Labute approximate surface area is 128 Å². The van der Waals surface area contributed by atoms with Crippen LogP contribution >= 0.6 is 11.8 Å². The first kappa shape index (κ1) is 15.9. The van der Waals surface area contributed by atoms with Crippen LogP contribution in [0.15, 0.2) is 24.3 Å². The van der Waals surface area contributed by atoms with E-state index >= 15 is 0 Å². The summed E-state index contributed by atoms with van der Waals surface area (Å²) >= 11 is 2.13. The zero-order chi connectivity index (χ0) is 14.2. The van der Waals surface area contributed by atoms with Crippen LogP contribution in [0.5, 0.6) is 0 Å². The summed E-state index contributed by atoms with van der Waals surface area (Å²) in [6.45, 7) is 5.62. The number of hydrogen-bond acceptors (Lipinski definition) is 2. The largest absolute Gasteiger partial charge is 0.310 e. The molecule has 0 saturated carbocycles. The van der Waals surface area contributed by atoms with Crippen molar-refractivity contribution in [3.63, 3.8) is 0 Å². The van der Waals surface area contributed by atoms with Crippen LogP contribution in [0.25, 0.3) is 0 Å². The minimum absolute atomic E-state index is 0.551. The van der Waals surface area contributed by atoms with E-state index < -0.39 is 0 Å². The van der Waals surface area contributed by atoms with Gasteiger partial charge in [-0.15, -0.1) is 0 Å². The minimum Gasteiger partial charge on any atom is -0.310 e. The molecule has 0 bridgehead atoms. The van der Waals surface area contributed by atoms with E-state index in [1.807, 2.05) is 0 Å². The van der Waals surface area contributed by atoms with Crippen LogP contribution < -0.4 is 5.32 Å². The molecular formula is C18H29NS. The Hall–Kier alpha value is -0.470. The first-order chi connectivity index (χ1) is 9.83. The second kappa shape index (κ2) is 8.74. The molecule has 2 rings (SSSR count). The van der Waals surface area contributed by atoms with Gasteiger partial charge in [0.15, 0.2) is 0 Å². The molecule has 2 heteroatoms. The van der Waals surface area contributed by atoms with Crippen LogP contribution in [0.4, 0.5) is 0 Å². The Morgan fingerprint density at radius 2 is 2.05 bits per heavy atom. The summed E-state index contributed by atoms with van der Waals surface area (Å²) in [6, 6.07) is 9.74. The van der Waals surface area contributed by atoms with E-state index in [2.05, 4.69) is 55.2 Å². The summed E-state index contributed by atoms with van der Waals surface area (Å²) in [7, 11) is 0. The molecule has 0 spiro atoms. The van der Waals surface area contributed by atoms with Crippen molar-refractivity contribution in [3.05, 3.63) is 35.4 Å². The molecule has 0 aliphatic carbocycles. The van der Waals surface area contributed by atoms with Crippen molar-refractivity contribution in [1.29, 1.82) is 0 Å². The monoisotopic (exact) mass is 291 g/mol. The van der Waals surface area contributed by atoms with Gasteiger partial charge in [-0.2, -0.15) is 11.8 Å². The van der Waals surface area contributed by atoms with Crippen molar-refractivity contribution in [1.82, 2.24) is 5.32 Å². The van der Waals surface area contributed by atoms with Gasteiger partial charge in [0.25, 0.3) is 0 Å². The highest BCUT2D eigenvalue weighted by atomic mass is 32.2. The molecule has 0 aromatic heterocycles. The third-order valence-corrected chi connectivity index (χ3v) is 5.36. The Morgan fingerprint density at radius 3 is 2.75 bits per heavy atom. The number of hydrogen-bond donors (Lipinski definition) is 1. The molecule has 0 radical (unpaired) electrons. The molecule has 1 aromatic rings. The zero-order valence-electron chi connectivity index (χ0n) is 13.0. The van der Waals surface area contributed by atoms with Crippen molar-refractivity contribution < 1.29 is 0 Å². The first-order valence-corrected chi connectivity index (χ1v) is 9.39.